The lowest BCUT2D eigenvalue weighted by Gasteiger charge is -2.22. The first kappa shape index (κ1) is 9.18. The van der Waals surface area contributed by atoms with Gasteiger partial charge in [-0.3, -0.25) is 0 Å². The van der Waals surface area contributed by atoms with Crippen LogP contribution in [0.1, 0.15) is 5.56 Å². The van der Waals surface area contributed by atoms with Gasteiger partial charge in [-0.2, -0.15) is 0 Å². The fourth-order valence-corrected chi connectivity index (χ4v) is 1.48. The Balaban J connectivity index is 2.42. The number of rotatable bonds is 2. The molecule has 1 aliphatic rings. The molecule has 1 N–H and O–H groups in total. The minimum absolute atomic E-state index is 0.307. The van der Waals surface area contributed by atoms with Crippen LogP contribution in [-0.2, 0) is 20.1 Å². The normalized spacial score (nSPS) is 19.4. The highest BCUT2D eigenvalue weighted by Gasteiger charge is 2.46. The van der Waals surface area contributed by atoms with Gasteiger partial charge in [0, 0.05) is 5.56 Å². The molecule has 0 aromatic heterocycles. The third kappa shape index (κ3) is 1.29. The largest absolute Gasteiger partial charge is 0.477 e. The van der Waals surface area contributed by atoms with Gasteiger partial charge in [0.25, 0.3) is 5.79 Å². The Morgan fingerprint density at radius 1 is 1.21 bits per heavy atom. The van der Waals surface area contributed by atoms with E-state index in [-0.39, 0.29) is 0 Å². The molecule has 0 aliphatic carbocycles. The molecule has 1 aromatic rings. The zero-order valence-corrected chi connectivity index (χ0v) is 7.47. The molecule has 14 heavy (non-hydrogen) atoms. The summed E-state index contributed by atoms with van der Waals surface area (Å²) in [5, 5.41) is 9.07. The minimum atomic E-state index is -1.60. The summed E-state index contributed by atoms with van der Waals surface area (Å²) in [5.74, 6) is -2.71. The van der Waals surface area contributed by atoms with Gasteiger partial charge in [0.15, 0.2) is 0 Å². The first-order chi connectivity index (χ1) is 6.76. The van der Waals surface area contributed by atoms with Gasteiger partial charge in [0.2, 0.25) is 0 Å². The number of aliphatic carboxylic acids is 1. The van der Waals surface area contributed by atoms with Crippen LogP contribution in [0.15, 0.2) is 30.3 Å². The highest BCUT2D eigenvalue weighted by Crippen LogP contribution is 2.31. The standard InChI is InChI=1S/C10H10O4/c11-9(12)10(13-6-7-14-10)8-4-2-1-3-5-8/h1-5H,6-7H2,(H,11,12). The van der Waals surface area contributed by atoms with Crippen LogP contribution in [0.2, 0.25) is 0 Å². The summed E-state index contributed by atoms with van der Waals surface area (Å²) in [5.41, 5.74) is 0.519. The minimum Gasteiger partial charge on any atom is -0.477 e. The molecule has 0 unspecified atom stereocenters. The van der Waals surface area contributed by atoms with E-state index < -0.39 is 11.8 Å². The average molecular weight is 194 g/mol. The van der Waals surface area contributed by atoms with Gasteiger partial charge in [-0.05, 0) is 0 Å². The maximum atomic E-state index is 11.1. The molecule has 4 heteroatoms. The van der Waals surface area contributed by atoms with Gasteiger partial charge in [-0.15, -0.1) is 0 Å². The number of hydrogen-bond acceptors (Lipinski definition) is 3. The SMILES string of the molecule is O=C(O)C1(c2ccccc2)OCCO1. The van der Waals surface area contributed by atoms with E-state index in [9.17, 15) is 4.79 Å². The molecule has 1 aromatic carbocycles. The highest BCUT2D eigenvalue weighted by atomic mass is 16.8. The zero-order valence-electron chi connectivity index (χ0n) is 7.47. The number of carbonyl (C=O) groups is 1. The molecule has 0 amide bonds. The zero-order chi connectivity index (χ0) is 10.0. The Morgan fingerprint density at radius 3 is 2.29 bits per heavy atom. The number of carboxylic acid groups (broad SMARTS) is 1. The Bertz CT molecular complexity index is 327. The quantitative estimate of drug-likeness (QED) is 0.762. The smallest absolute Gasteiger partial charge is 0.369 e. The monoisotopic (exact) mass is 194 g/mol. The van der Waals surface area contributed by atoms with E-state index in [1.807, 2.05) is 6.07 Å². The van der Waals surface area contributed by atoms with Crippen LogP contribution in [0.25, 0.3) is 0 Å². The van der Waals surface area contributed by atoms with Crippen LogP contribution in [0.5, 0.6) is 0 Å². The second-order valence-corrected chi connectivity index (χ2v) is 2.98. The lowest BCUT2D eigenvalue weighted by molar-refractivity contribution is -0.205. The van der Waals surface area contributed by atoms with Crippen molar-refractivity contribution in [2.75, 3.05) is 13.2 Å². The highest BCUT2D eigenvalue weighted by molar-refractivity contribution is 5.77. The Labute approximate surface area is 81.1 Å². The lowest BCUT2D eigenvalue weighted by atomic mass is 10.1. The maximum Gasteiger partial charge on any atom is 0.369 e. The van der Waals surface area contributed by atoms with Crippen molar-refractivity contribution in [1.29, 1.82) is 0 Å². The topological polar surface area (TPSA) is 55.8 Å². The molecule has 0 atom stereocenters. The van der Waals surface area contributed by atoms with Gasteiger partial charge < -0.3 is 14.6 Å². The summed E-state index contributed by atoms with van der Waals surface area (Å²) in [7, 11) is 0. The molecular formula is C10H10O4. The summed E-state index contributed by atoms with van der Waals surface area (Å²) in [6, 6.07) is 8.68. The number of carboxylic acids is 1. The van der Waals surface area contributed by atoms with Crippen LogP contribution in [-0.4, -0.2) is 24.3 Å². The summed E-state index contributed by atoms with van der Waals surface area (Å²) < 4.78 is 10.3. The molecule has 4 nitrogen and oxygen atoms in total. The van der Waals surface area contributed by atoms with E-state index in [1.54, 1.807) is 24.3 Å². The van der Waals surface area contributed by atoms with Gasteiger partial charge >= 0.3 is 5.97 Å². The van der Waals surface area contributed by atoms with Gasteiger partial charge in [-0.25, -0.2) is 4.79 Å². The van der Waals surface area contributed by atoms with Gasteiger partial charge in [-0.1, -0.05) is 30.3 Å². The maximum absolute atomic E-state index is 11.1. The summed E-state index contributed by atoms with van der Waals surface area (Å²) in [4.78, 5) is 11.1. The molecule has 1 heterocycles. The summed E-state index contributed by atoms with van der Waals surface area (Å²) in [6.45, 7) is 0.613. The second-order valence-electron chi connectivity index (χ2n) is 2.98. The van der Waals surface area contributed by atoms with Crippen molar-refractivity contribution in [2.45, 2.75) is 5.79 Å². The summed E-state index contributed by atoms with van der Waals surface area (Å²) >= 11 is 0. The van der Waals surface area contributed by atoms with Crippen LogP contribution < -0.4 is 0 Å². The molecule has 1 aliphatic heterocycles. The number of benzene rings is 1. The fraction of sp³-hybridized carbons (Fsp3) is 0.300. The summed E-state index contributed by atoms with van der Waals surface area (Å²) in [6.07, 6.45) is 0. The van der Waals surface area contributed by atoms with E-state index in [2.05, 4.69) is 0 Å². The van der Waals surface area contributed by atoms with Crippen LogP contribution in [0.3, 0.4) is 0 Å². The van der Waals surface area contributed by atoms with E-state index in [4.69, 9.17) is 14.6 Å². The predicted octanol–water partition coefficient (Wildman–Crippen LogP) is 0.971. The molecule has 0 bridgehead atoms. The number of ether oxygens (including phenoxy) is 2. The first-order valence-electron chi connectivity index (χ1n) is 4.32. The van der Waals surface area contributed by atoms with Crippen molar-refractivity contribution in [3.63, 3.8) is 0 Å². The van der Waals surface area contributed by atoms with E-state index in [0.717, 1.165) is 0 Å². The Morgan fingerprint density at radius 2 is 1.79 bits per heavy atom. The molecular weight excluding hydrogens is 184 g/mol. The average Bonchev–Trinajstić information content (AvgIpc) is 2.69. The van der Waals surface area contributed by atoms with Crippen molar-refractivity contribution in [2.24, 2.45) is 0 Å². The third-order valence-corrected chi connectivity index (χ3v) is 2.13. The molecule has 1 saturated heterocycles. The second kappa shape index (κ2) is 3.40. The van der Waals surface area contributed by atoms with Gasteiger partial charge in [0.05, 0.1) is 13.2 Å². The molecule has 0 saturated carbocycles. The van der Waals surface area contributed by atoms with Crippen LogP contribution in [0.4, 0.5) is 0 Å². The van der Waals surface area contributed by atoms with E-state index in [0.29, 0.717) is 18.8 Å². The first-order valence-corrected chi connectivity index (χ1v) is 4.32. The fourth-order valence-electron chi connectivity index (χ4n) is 1.48. The van der Waals surface area contributed by atoms with Crippen molar-refractivity contribution in [1.82, 2.24) is 0 Å². The van der Waals surface area contributed by atoms with E-state index in [1.165, 1.54) is 0 Å². The molecule has 2 rings (SSSR count). The Kier molecular flexibility index (Phi) is 2.23. The molecule has 0 radical (unpaired) electrons. The Hall–Kier alpha value is -1.39. The lowest BCUT2D eigenvalue weighted by Crippen LogP contribution is -2.36. The van der Waals surface area contributed by atoms with E-state index >= 15 is 0 Å². The van der Waals surface area contributed by atoms with Crippen molar-refractivity contribution in [3.8, 4) is 0 Å². The van der Waals surface area contributed by atoms with Crippen molar-refractivity contribution >= 4 is 5.97 Å². The van der Waals surface area contributed by atoms with Crippen molar-refractivity contribution in [3.05, 3.63) is 35.9 Å². The van der Waals surface area contributed by atoms with Crippen molar-refractivity contribution < 1.29 is 19.4 Å². The third-order valence-electron chi connectivity index (χ3n) is 2.13. The van der Waals surface area contributed by atoms with Crippen LogP contribution >= 0.6 is 0 Å². The van der Waals surface area contributed by atoms with Gasteiger partial charge in [0.1, 0.15) is 0 Å². The molecule has 74 valence electrons. The molecule has 0 spiro atoms. The van der Waals surface area contributed by atoms with Crippen LogP contribution in [0, 0.1) is 0 Å². The predicted molar refractivity (Wildman–Crippen MR) is 47.7 cm³/mol. The molecule has 1 fully saturated rings. The number of hydrogen-bond donors (Lipinski definition) is 1.